The first kappa shape index (κ1) is 13.1. The Kier molecular flexibility index (Phi) is 3.40. The summed E-state index contributed by atoms with van der Waals surface area (Å²) in [4.78, 5) is 2.68. The van der Waals surface area contributed by atoms with Crippen molar-refractivity contribution in [3.63, 3.8) is 0 Å². The maximum atomic E-state index is 6.65. The third kappa shape index (κ3) is 2.32. The minimum absolute atomic E-state index is 0.177. The fourth-order valence-corrected chi connectivity index (χ4v) is 4.07. The number of rotatable bonds is 1. The normalized spacial score (nSPS) is 30.9. The molecule has 0 aromatic heterocycles. The average molecular weight is 258 g/mol. The van der Waals surface area contributed by atoms with E-state index in [1.54, 1.807) is 0 Å². The lowest BCUT2D eigenvalue weighted by molar-refractivity contribution is 0.0924. The molecule has 0 spiro atoms. The van der Waals surface area contributed by atoms with Crippen molar-refractivity contribution < 1.29 is 0 Å². The van der Waals surface area contributed by atoms with E-state index in [4.69, 9.17) is 5.73 Å². The van der Waals surface area contributed by atoms with E-state index in [1.807, 2.05) is 0 Å². The molecule has 0 bridgehead atoms. The summed E-state index contributed by atoms with van der Waals surface area (Å²) in [6.45, 7) is 5.97. The number of nitrogens with two attached hydrogens (primary N) is 1. The molecule has 1 saturated heterocycles. The summed E-state index contributed by atoms with van der Waals surface area (Å²) in [5.74, 6) is 0. The van der Waals surface area contributed by atoms with Gasteiger partial charge in [-0.15, -0.1) is 0 Å². The molecule has 1 aromatic rings. The summed E-state index contributed by atoms with van der Waals surface area (Å²) in [7, 11) is 0. The van der Waals surface area contributed by atoms with Gasteiger partial charge in [0.2, 0.25) is 0 Å². The summed E-state index contributed by atoms with van der Waals surface area (Å²) >= 11 is 0. The second kappa shape index (κ2) is 4.92. The van der Waals surface area contributed by atoms with Crippen molar-refractivity contribution in [2.45, 2.75) is 63.6 Å². The Labute approximate surface area is 117 Å². The van der Waals surface area contributed by atoms with Crippen LogP contribution in [0.3, 0.4) is 0 Å². The van der Waals surface area contributed by atoms with Gasteiger partial charge in [0.05, 0.1) is 0 Å². The first-order chi connectivity index (χ1) is 9.09. The Bertz CT molecular complexity index is 452. The third-order valence-corrected chi connectivity index (χ3v) is 5.14. The molecule has 0 amide bonds. The van der Waals surface area contributed by atoms with E-state index >= 15 is 0 Å². The third-order valence-electron chi connectivity index (χ3n) is 5.14. The zero-order valence-corrected chi connectivity index (χ0v) is 12.2. The Balaban J connectivity index is 1.92. The molecule has 0 saturated carbocycles. The van der Waals surface area contributed by atoms with Gasteiger partial charge in [0, 0.05) is 17.6 Å². The summed E-state index contributed by atoms with van der Waals surface area (Å²) in [5, 5.41) is 0. The Hall–Kier alpha value is -0.860. The van der Waals surface area contributed by atoms with Crippen LogP contribution in [0.1, 0.15) is 56.7 Å². The molecule has 1 fully saturated rings. The molecule has 0 radical (unpaired) electrons. The second-order valence-electron chi connectivity index (χ2n) is 6.79. The molecular formula is C17H26N2. The van der Waals surface area contributed by atoms with Crippen LogP contribution < -0.4 is 5.73 Å². The molecule has 2 heteroatoms. The van der Waals surface area contributed by atoms with Crippen molar-refractivity contribution in [3.05, 3.63) is 35.4 Å². The first-order valence-corrected chi connectivity index (χ1v) is 7.70. The molecule has 1 heterocycles. The van der Waals surface area contributed by atoms with E-state index < -0.39 is 0 Å². The fraction of sp³-hybridized carbons (Fsp3) is 0.647. The van der Waals surface area contributed by atoms with Gasteiger partial charge in [0.15, 0.2) is 0 Å². The highest BCUT2D eigenvalue weighted by Gasteiger charge is 2.40. The second-order valence-corrected chi connectivity index (χ2v) is 6.79. The minimum Gasteiger partial charge on any atom is -0.323 e. The summed E-state index contributed by atoms with van der Waals surface area (Å²) < 4.78 is 0. The van der Waals surface area contributed by atoms with Gasteiger partial charge >= 0.3 is 0 Å². The lowest BCUT2D eigenvalue weighted by Gasteiger charge is -2.41. The lowest BCUT2D eigenvalue weighted by Crippen LogP contribution is -2.49. The molecule has 3 rings (SSSR count). The molecule has 104 valence electrons. The SMILES string of the molecule is CC1(C)CCCN1C1CCCc2ccccc2C1N. The van der Waals surface area contributed by atoms with Crippen molar-refractivity contribution in [2.24, 2.45) is 5.73 Å². The quantitative estimate of drug-likeness (QED) is 0.783. The molecule has 2 atom stereocenters. The first-order valence-electron chi connectivity index (χ1n) is 7.70. The number of aryl methyl sites for hydroxylation is 1. The van der Waals surface area contributed by atoms with Crippen molar-refractivity contribution in [1.29, 1.82) is 0 Å². The molecule has 1 aliphatic carbocycles. The molecule has 1 aromatic carbocycles. The van der Waals surface area contributed by atoms with Crippen molar-refractivity contribution in [3.8, 4) is 0 Å². The minimum atomic E-state index is 0.177. The molecule has 2 aliphatic rings. The van der Waals surface area contributed by atoms with Gasteiger partial charge < -0.3 is 5.73 Å². The van der Waals surface area contributed by atoms with Crippen LogP contribution in [-0.2, 0) is 6.42 Å². The average Bonchev–Trinajstić information content (AvgIpc) is 2.65. The van der Waals surface area contributed by atoms with Crippen LogP contribution in [0.15, 0.2) is 24.3 Å². The highest BCUT2D eigenvalue weighted by Crippen LogP contribution is 2.38. The van der Waals surface area contributed by atoms with Crippen LogP contribution in [0.5, 0.6) is 0 Å². The van der Waals surface area contributed by atoms with Crippen LogP contribution >= 0.6 is 0 Å². The van der Waals surface area contributed by atoms with Crippen LogP contribution in [0.25, 0.3) is 0 Å². The molecule has 2 unspecified atom stereocenters. The summed E-state index contributed by atoms with van der Waals surface area (Å²) in [6.07, 6.45) is 6.31. The number of benzene rings is 1. The molecule has 2 nitrogen and oxygen atoms in total. The van der Waals surface area contributed by atoms with E-state index in [0.29, 0.717) is 11.6 Å². The predicted molar refractivity (Wildman–Crippen MR) is 80.1 cm³/mol. The predicted octanol–water partition coefficient (Wildman–Crippen LogP) is 3.27. The van der Waals surface area contributed by atoms with Crippen LogP contribution in [-0.4, -0.2) is 23.0 Å². The van der Waals surface area contributed by atoms with E-state index in [2.05, 4.69) is 43.0 Å². The van der Waals surface area contributed by atoms with Crippen LogP contribution in [0, 0.1) is 0 Å². The summed E-state index contributed by atoms with van der Waals surface area (Å²) in [6, 6.07) is 9.47. The van der Waals surface area contributed by atoms with Gasteiger partial charge in [-0.2, -0.15) is 0 Å². The highest BCUT2D eigenvalue weighted by molar-refractivity contribution is 5.32. The highest BCUT2D eigenvalue weighted by atomic mass is 15.2. The van der Waals surface area contributed by atoms with Crippen LogP contribution in [0.4, 0.5) is 0 Å². The number of hydrogen-bond donors (Lipinski definition) is 1. The standard InChI is InChI=1S/C17H26N2/c1-17(2)11-6-12-19(17)15-10-5-8-13-7-3-4-9-14(13)16(15)18/h3-4,7,9,15-16H,5-6,8,10-12,18H2,1-2H3. The topological polar surface area (TPSA) is 29.3 Å². The maximum Gasteiger partial charge on any atom is 0.0456 e. The number of nitrogens with zero attached hydrogens (tertiary/aromatic N) is 1. The van der Waals surface area contributed by atoms with Gasteiger partial charge in [0.25, 0.3) is 0 Å². The molecule has 19 heavy (non-hydrogen) atoms. The number of likely N-dealkylation sites (tertiary alicyclic amines) is 1. The summed E-state index contributed by atoms with van der Waals surface area (Å²) in [5.41, 5.74) is 9.82. The monoisotopic (exact) mass is 258 g/mol. The zero-order chi connectivity index (χ0) is 13.5. The van der Waals surface area contributed by atoms with E-state index in [-0.39, 0.29) is 6.04 Å². The van der Waals surface area contributed by atoms with E-state index in [0.717, 1.165) is 0 Å². The van der Waals surface area contributed by atoms with Crippen molar-refractivity contribution in [2.75, 3.05) is 6.54 Å². The molecule has 1 aliphatic heterocycles. The maximum absolute atomic E-state index is 6.65. The Morgan fingerprint density at radius 2 is 2.00 bits per heavy atom. The van der Waals surface area contributed by atoms with Gasteiger partial charge in [-0.05, 0) is 63.6 Å². The van der Waals surface area contributed by atoms with Gasteiger partial charge in [0.1, 0.15) is 0 Å². The Morgan fingerprint density at radius 3 is 2.74 bits per heavy atom. The lowest BCUT2D eigenvalue weighted by atomic mass is 9.92. The fourth-order valence-electron chi connectivity index (χ4n) is 4.07. The van der Waals surface area contributed by atoms with Crippen LogP contribution in [0.2, 0.25) is 0 Å². The van der Waals surface area contributed by atoms with Gasteiger partial charge in [-0.1, -0.05) is 24.3 Å². The largest absolute Gasteiger partial charge is 0.323 e. The zero-order valence-electron chi connectivity index (χ0n) is 12.2. The number of fused-ring (bicyclic) bond motifs is 1. The van der Waals surface area contributed by atoms with Crippen molar-refractivity contribution >= 4 is 0 Å². The number of hydrogen-bond acceptors (Lipinski definition) is 2. The van der Waals surface area contributed by atoms with E-state index in [9.17, 15) is 0 Å². The van der Waals surface area contributed by atoms with E-state index in [1.165, 1.54) is 49.8 Å². The smallest absolute Gasteiger partial charge is 0.0456 e. The molecule has 2 N–H and O–H groups in total. The van der Waals surface area contributed by atoms with Gasteiger partial charge in [-0.25, -0.2) is 0 Å². The van der Waals surface area contributed by atoms with Gasteiger partial charge in [-0.3, -0.25) is 4.90 Å². The van der Waals surface area contributed by atoms with Crippen molar-refractivity contribution in [1.82, 2.24) is 4.90 Å². The Morgan fingerprint density at radius 1 is 1.21 bits per heavy atom. The molecular weight excluding hydrogens is 232 g/mol.